The van der Waals surface area contributed by atoms with Gasteiger partial charge in [-0.25, -0.2) is 4.58 Å². The second kappa shape index (κ2) is 5.23. The summed E-state index contributed by atoms with van der Waals surface area (Å²) in [4.78, 5) is 0. The standard InChI is InChI=1S/C7H13Cl3N/c1-3-4-5-11(2)6-7(8,9)10/h6H,3-5H2,1-2H3/q+1. The fourth-order valence-electron chi connectivity index (χ4n) is 0.722. The van der Waals surface area contributed by atoms with Crippen LogP contribution in [-0.4, -0.2) is 28.2 Å². The molecule has 0 saturated heterocycles. The largest absolute Gasteiger partial charge is 0.267 e. The minimum atomic E-state index is -1.26. The second-order valence-corrected chi connectivity index (χ2v) is 4.87. The van der Waals surface area contributed by atoms with Crippen LogP contribution in [0.3, 0.4) is 0 Å². The highest BCUT2D eigenvalue weighted by Gasteiger charge is 2.21. The Morgan fingerprint density at radius 3 is 2.27 bits per heavy atom. The Morgan fingerprint density at radius 1 is 1.36 bits per heavy atom. The first-order valence-corrected chi connectivity index (χ1v) is 4.72. The molecule has 0 heterocycles. The van der Waals surface area contributed by atoms with Gasteiger partial charge in [0.2, 0.25) is 0 Å². The summed E-state index contributed by atoms with van der Waals surface area (Å²) in [5.74, 6) is 0. The summed E-state index contributed by atoms with van der Waals surface area (Å²) in [6, 6.07) is 0. The van der Waals surface area contributed by atoms with Crippen molar-refractivity contribution in [1.82, 2.24) is 0 Å². The van der Waals surface area contributed by atoms with E-state index in [1.807, 2.05) is 11.6 Å². The van der Waals surface area contributed by atoms with Crippen LogP contribution in [0.2, 0.25) is 0 Å². The lowest BCUT2D eigenvalue weighted by Crippen LogP contribution is -2.17. The predicted molar refractivity (Wildman–Crippen MR) is 52.3 cm³/mol. The highest BCUT2D eigenvalue weighted by Crippen LogP contribution is 2.22. The van der Waals surface area contributed by atoms with Crippen LogP contribution >= 0.6 is 34.8 Å². The molecule has 0 aromatic rings. The van der Waals surface area contributed by atoms with E-state index in [0.29, 0.717) is 0 Å². The van der Waals surface area contributed by atoms with Crippen molar-refractivity contribution in [3.63, 3.8) is 0 Å². The van der Waals surface area contributed by atoms with E-state index in [-0.39, 0.29) is 0 Å². The van der Waals surface area contributed by atoms with Gasteiger partial charge in [-0.2, -0.15) is 0 Å². The summed E-state index contributed by atoms with van der Waals surface area (Å²) < 4.78 is 0.638. The van der Waals surface area contributed by atoms with Crippen molar-refractivity contribution >= 4 is 41.0 Å². The van der Waals surface area contributed by atoms with E-state index in [9.17, 15) is 0 Å². The summed E-state index contributed by atoms with van der Waals surface area (Å²) in [5.41, 5.74) is 0. The lowest BCUT2D eigenvalue weighted by Gasteiger charge is -2.01. The molecule has 0 aromatic heterocycles. The molecule has 0 aliphatic rings. The molecule has 0 aliphatic carbocycles. The van der Waals surface area contributed by atoms with Crippen LogP contribution in [0.15, 0.2) is 0 Å². The van der Waals surface area contributed by atoms with Crippen LogP contribution in [-0.2, 0) is 0 Å². The van der Waals surface area contributed by atoms with Gasteiger partial charge in [-0.05, 0) is 0 Å². The van der Waals surface area contributed by atoms with E-state index >= 15 is 0 Å². The van der Waals surface area contributed by atoms with Crippen molar-refractivity contribution in [2.24, 2.45) is 0 Å². The highest BCUT2D eigenvalue weighted by atomic mass is 35.6. The summed E-state index contributed by atoms with van der Waals surface area (Å²) in [7, 11) is 1.90. The maximum atomic E-state index is 5.54. The minimum absolute atomic E-state index is 0.935. The third kappa shape index (κ3) is 8.45. The fraction of sp³-hybridized carbons (Fsp3) is 0.857. The number of unbranched alkanes of at least 4 members (excludes halogenated alkanes) is 1. The first kappa shape index (κ1) is 11.5. The molecule has 0 amide bonds. The minimum Gasteiger partial charge on any atom is -0.239 e. The molecule has 0 fully saturated rings. The number of nitrogens with zero attached hydrogens (tertiary/aromatic N) is 1. The summed E-state index contributed by atoms with van der Waals surface area (Å²) >= 11 is 16.6. The average molecular weight is 218 g/mol. The van der Waals surface area contributed by atoms with E-state index < -0.39 is 3.79 Å². The molecule has 0 atom stereocenters. The Bertz CT molecular complexity index is 137. The number of halogens is 3. The van der Waals surface area contributed by atoms with E-state index in [1.54, 1.807) is 6.21 Å². The van der Waals surface area contributed by atoms with Crippen molar-refractivity contribution in [3.8, 4) is 0 Å². The molecule has 0 spiro atoms. The van der Waals surface area contributed by atoms with Gasteiger partial charge in [-0.1, -0.05) is 48.1 Å². The maximum Gasteiger partial charge on any atom is 0.267 e. The Hall–Kier alpha value is 0.540. The molecule has 0 N–H and O–H groups in total. The average Bonchev–Trinajstić information content (AvgIpc) is 1.79. The van der Waals surface area contributed by atoms with Crippen LogP contribution in [0.1, 0.15) is 19.8 Å². The third-order valence-electron chi connectivity index (χ3n) is 1.23. The smallest absolute Gasteiger partial charge is 0.239 e. The Balaban J connectivity index is 3.81. The molecule has 0 aromatic carbocycles. The first-order chi connectivity index (χ1) is 4.95. The van der Waals surface area contributed by atoms with Crippen molar-refractivity contribution in [2.45, 2.75) is 23.6 Å². The molecular weight excluding hydrogens is 204 g/mol. The van der Waals surface area contributed by atoms with Crippen LogP contribution in [0, 0.1) is 0 Å². The van der Waals surface area contributed by atoms with Crippen molar-refractivity contribution in [3.05, 3.63) is 0 Å². The first-order valence-electron chi connectivity index (χ1n) is 3.58. The topological polar surface area (TPSA) is 3.01 Å². The number of rotatable bonds is 3. The Morgan fingerprint density at radius 2 is 1.91 bits per heavy atom. The molecule has 0 unspecified atom stereocenters. The van der Waals surface area contributed by atoms with Gasteiger partial charge in [0.15, 0.2) is 6.21 Å². The van der Waals surface area contributed by atoms with Gasteiger partial charge in [0, 0.05) is 6.42 Å². The lowest BCUT2D eigenvalue weighted by atomic mass is 10.3. The van der Waals surface area contributed by atoms with Crippen LogP contribution < -0.4 is 0 Å². The van der Waals surface area contributed by atoms with Gasteiger partial charge in [0.25, 0.3) is 3.79 Å². The van der Waals surface area contributed by atoms with E-state index in [0.717, 1.165) is 19.4 Å². The number of alkyl halides is 3. The van der Waals surface area contributed by atoms with Gasteiger partial charge in [-0.15, -0.1) is 0 Å². The lowest BCUT2D eigenvalue weighted by molar-refractivity contribution is -0.493. The Labute approximate surface area is 82.9 Å². The van der Waals surface area contributed by atoms with Gasteiger partial charge < -0.3 is 0 Å². The molecule has 0 bridgehead atoms. The number of hydrogen-bond acceptors (Lipinski definition) is 0. The quantitative estimate of drug-likeness (QED) is 0.389. The molecule has 1 nitrogen and oxygen atoms in total. The molecule has 66 valence electrons. The van der Waals surface area contributed by atoms with E-state index in [2.05, 4.69) is 6.92 Å². The van der Waals surface area contributed by atoms with Crippen LogP contribution in [0.4, 0.5) is 0 Å². The highest BCUT2D eigenvalue weighted by molar-refractivity contribution is 6.74. The van der Waals surface area contributed by atoms with E-state index in [4.69, 9.17) is 34.8 Å². The maximum absolute atomic E-state index is 5.54. The molecule has 0 rings (SSSR count). The zero-order valence-electron chi connectivity index (χ0n) is 6.78. The SMILES string of the molecule is CCCC[N+](C)=CC(Cl)(Cl)Cl. The van der Waals surface area contributed by atoms with E-state index in [1.165, 1.54) is 0 Å². The molecule has 11 heavy (non-hydrogen) atoms. The van der Waals surface area contributed by atoms with Crippen LogP contribution in [0.5, 0.6) is 0 Å². The van der Waals surface area contributed by atoms with Crippen molar-refractivity contribution in [1.29, 1.82) is 0 Å². The van der Waals surface area contributed by atoms with Crippen LogP contribution in [0.25, 0.3) is 0 Å². The molecule has 0 aliphatic heterocycles. The van der Waals surface area contributed by atoms with Gasteiger partial charge in [-0.3, -0.25) is 0 Å². The van der Waals surface area contributed by atoms with Gasteiger partial charge in [0.05, 0.1) is 0 Å². The summed E-state index contributed by atoms with van der Waals surface area (Å²) in [6.07, 6.45) is 3.86. The van der Waals surface area contributed by atoms with Crippen molar-refractivity contribution in [2.75, 3.05) is 13.6 Å². The third-order valence-corrected chi connectivity index (χ3v) is 1.52. The second-order valence-electron chi connectivity index (χ2n) is 2.50. The van der Waals surface area contributed by atoms with Gasteiger partial charge in [0.1, 0.15) is 13.6 Å². The monoisotopic (exact) mass is 216 g/mol. The molecular formula is C7H13Cl3N+. The fourth-order valence-corrected chi connectivity index (χ4v) is 1.22. The zero-order valence-corrected chi connectivity index (χ0v) is 9.05. The summed E-state index contributed by atoms with van der Waals surface area (Å²) in [6.45, 7) is 3.06. The zero-order chi connectivity index (χ0) is 8.91. The van der Waals surface area contributed by atoms with Gasteiger partial charge >= 0.3 is 0 Å². The molecule has 4 heteroatoms. The Kier molecular flexibility index (Phi) is 5.49. The predicted octanol–water partition coefficient (Wildman–Crippen LogP) is 2.87. The van der Waals surface area contributed by atoms with Crippen molar-refractivity contribution < 1.29 is 4.58 Å². The molecule has 0 saturated carbocycles. The summed E-state index contributed by atoms with van der Waals surface area (Å²) in [5, 5.41) is 0. The number of hydrogen-bond donors (Lipinski definition) is 0. The normalized spacial score (nSPS) is 13.7. The molecule has 0 radical (unpaired) electrons.